The first-order valence-electron chi connectivity index (χ1n) is 5.39. The van der Waals surface area contributed by atoms with E-state index in [-0.39, 0.29) is 0 Å². The van der Waals surface area contributed by atoms with Gasteiger partial charge in [0, 0.05) is 19.8 Å². The van der Waals surface area contributed by atoms with Gasteiger partial charge in [-0.15, -0.1) is 5.10 Å². The van der Waals surface area contributed by atoms with Crippen molar-refractivity contribution in [2.75, 3.05) is 5.32 Å². The zero-order valence-electron chi connectivity index (χ0n) is 9.59. The Morgan fingerprint density at radius 3 is 2.94 bits per heavy atom. The molecule has 2 aromatic heterocycles. The van der Waals surface area contributed by atoms with E-state index in [2.05, 4.69) is 27.7 Å². The molecule has 0 aliphatic heterocycles. The molecule has 1 N–H and O–H groups in total. The van der Waals surface area contributed by atoms with Crippen molar-refractivity contribution in [2.45, 2.75) is 26.4 Å². The first-order chi connectivity index (χ1) is 7.79. The van der Waals surface area contributed by atoms with E-state index in [1.165, 1.54) is 0 Å². The number of rotatable bonds is 5. The van der Waals surface area contributed by atoms with Crippen LogP contribution in [0.3, 0.4) is 0 Å². The molecule has 2 heterocycles. The molecule has 6 nitrogen and oxygen atoms in total. The Balaban J connectivity index is 1.92. The lowest BCUT2D eigenvalue weighted by Crippen LogP contribution is -2.04. The van der Waals surface area contributed by atoms with E-state index in [1.54, 1.807) is 10.9 Å². The smallest absolute Gasteiger partial charge is 0.0774 e. The van der Waals surface area contributed by atoms with Gasteiger partial charge in [-0.3, -0.25) is 9.36 Å². The van der Waals surface area contributed by atoms with Crippen LogP contribution in [-0.4, -0.2) is 24.8 Å². The van der Waals surface area contributed by atoms with Crippen molar-refractivity contribution in [3.05, 3.63) is 24.3 Å². The molecular formula is C10H16N6. The molecule has 0 spiro atoms. The lowest BCUT2D eigenvalue weighted by molar-refractivity contribution is 0.603. The van der Waals surface area contributed by atoms with E-state index < -0.39 is 0 Å². The Morgan fingerprint density at radius 2 is 2.25 bits per heavy atom. The van der Waals surface area contributed by atoms with Crippen LogP contribution in [0, 0.1) is 0 Å². The second-order valence-corrected chi connectivity index (χ2v) is 3.69. The summed E-state index contributed by atoms with van der Waals surface area (Å²) < 4.78 is 3.69. The van der Waals surface area contributed by atoms with Crippen molar-refractivity contribution in [3.8, 4) is 0 Å². The average Bonchev–Trinajstić information content (AvgIpc) is 2.86. The highest BCUT2D eigenvalue weighted by atomic mass is 15.4. The van der Waals surface area contributed by atoms with Crippen LogP contribution in [-0.2, 0) is 20.1 Å². The van der Waals surface area contributed by atoms with Crippen LogP contribution in [0.25, 0.3) is 0 Å². The number of aromatic nitrogens is 5. The van der Waals surface area contributed by atoms with Gasteiger partial charge in [0.1, 0.15) is 0 Å². The van der Waals surface area contributed by atoms with Crippen LogP contribution in [0.2, 0.25) is 0 Å². The third-order valence-corrected chi connectivity index (χ3v) is 2.37. The Kier molecular flexibility index (Phi) is 3.19. The van der Waals surface area contributed by atoms with Gasteiger partial charge in [0.2, 0.25) is 0 Å². The van der Waals surface area contributed by atoms with E-state index in [9.17, 15) is 0 Å². The molecule has 0 unspecified atom stereocenters. The third kappa shape index (κ3) is 2.39. The molecule has 0 aromatic carbocycles. The van der Waals surface area contributed by atoms with Crippen molar-refractivity contribution in [2.24, 2.45) is 7.05 Å². The van der Waals surface area contributed by atoms with E-state index in [0.717, 1.165) is 24.3 Å². The van der Waals surface area contributed by atoms with E-state index in [4.69, 9.17) is 0 Å². The van der Waals surface area contributed by atoms with Gasteiger partial charge in [-0.25, -0.2) is 0 Å². The zero-order valence-corrected chi connectivity index (χ0v) is 9.59. The van der Waals surface area contributed by atoms with Gasteiger partial charge in [0.25, 0.3) is 0 Å². The first kappa shape index (κ1) is 10.7. The molecule has 0 aliphatic carbocycles. The van der Waals surface area contributed by atoms with Crippen LogP contribution >= 0.6 is 0 Å². The summed E-state index contributed by atoms with van der Waals surface area (Å²) in [5.74, 6) is 0. The standard InChI is InChI=1S/C10H16N6/c1-3-4-16-8-9(5-13-16)11-6-10-7-12-14-15(10)2/h5,7-8,11H,3-4,6H2,1-2H3. The van der Waals surface area contributed by atoms with Gasteiger partial charge in [-0.1, -0.05) is 12.1 Å². The highest BCUT2D eigenvalue weighted by Gasteiger charge is 2.01. The maximum atomic E-state index is 4.24. The summed E-state index contributed by atoms with van der Waals surface area (Å²) in [5, 5.41) is 15.2. The molecule has 0 bridgehead atoms. The number of nitrogens with one attached hydrogen (secondary N) is 1. The summed E-state index contributed by atoms with van der Waals surface area (Å²) in [6.07, 6.45) is 6.68. The minimum Gasteiger partial charge on any atom is -0.377 e. The Bertz CT molecular complexity index is 444. The molecule has 16 heavy (non-hydrogen) atoms. The number of hydrogen-bond acceptors (Lipinski definition) is 4. The molecule has 0 saturated carbocycles. The van der Waals surface area contributed by atoms with Crippen LogP contribution in [0.15, 0.2) is 18.6 Å². The lowest BCUT2D eigenvalue weighted by Gasteiger charge is -2.02. The monoisotopic (exact) mass is 220 g/mol. The number of anilines is 1. The molecule has 2 aromatic rings. The minimum absolute atomic E-state index is 0.710. The van der Waals surface area contributed by atoms with Crippen molar-refractivity contribution in [3.63, 3.8) is 0 Å². The second kappa shape index (κ2) is 4.78. The summed E-state index contributed by atoms with van der Waals surface area (Å²) >= 11 is 0. The first-order valence-corrected chi connectivity index (χ1v) is 5.39. The van der Waals surface area contributed by atoms with Crippen LogP contribution in [0.5, 0.6) is 0 Å². The molecule has 0 radical (unpaired) electrons. The lowest BCUT2D eigenvalue weighted by atomic mass is 10.4. The normalized spacial score (nSPS) is 10.6. The summed E-state index contributed by atoms with van der Waals surface area (Å²) in [7, 11) is 1.88. The maximum absolute atomic E-state index is 4.24. The fourth-order valence-electron chi connectivity index (χ4n) is 1.47. The van der Waals surface area contributed by atoms with Gasteiger partial charge >= 0.3 is 0 Å². The summed E-state index contributed by atoms with van der Waals surface area (Å²) in [4.78, 5) is 0. The summed E-state index contributed by atoms with van der Waals surface area (Å²) in [6, 6.07) is 0. The van der Waals surface area contributed by atoms with Crippen molar-refractivity contribution >= 4 is 5.69 Å². The maximum Gasteiger partial charge on any atom is 0.0774 e. The minimum atomic E-state index is 0.710. The van der Waals surface area contributed by atoms with Crippen LogP contribution in [0.4, 0.5) is 5.69 Å². The Morgan fingerprint density at radius 1 is 1.38 bits per heavy atom. The van der Waals surface area contributed by atoms with Gasteiger partial charge < -0.3 is 5.32 Å². The van der Waals surface area contributed by atoms with E-state index >= 15 is 0 Å². The van der Waals surface area contributed by atoms with Crippen molar-refractivity contribution in [1.82, 2.24) is 24.8 Å². The van der Waals surface area contributed by atoms with Crippen molar-refractivity contribution in [1.29, 1.82) is 0 Å². The van der Waals surface area contributed by atoms with E-state index in [1.807, 2.05) is 24.1 Å². The van der Waals surface area contributed by atoms with Gasteiger partial charge in [-0.2, -0.15) is 5.10 Å². The van der Waals surface area contributed by atoms with Gasteiger partial charge in [0.15, 0.2) is 0 Å². The molecular weight excluding hydrogens is 204 g/mol. The number of nitrogens with zero attached hydrogens (tertiary/aromatic N) is 5. The molecule has 2 rings (SSSR count). The largest absolute Gasteiger partial charge is 0.377 e. The quantitative estimate of drug-likeness (QED) is 0.817. The van der Waals surface area contributed by atoms with Crippen molar-refractivity contribution < 1.29 is 0 Å². The highest BCUT2D eigenvalue weighted by molar-refractivity contribution is 5.38. The van der Waals surface area contributed by atoms with Crippen LogP contribution in [0.1, 0.15) is 19.0 Å². The fraction of sp³-hybridized carbons (Fsp3) is 0.500. The van der Waals surface area contributed by atoms with Gasteiger partial charge in [-0.05, 0) is 6.42 Å². The molecule has 0 aliphatic rings. The molecule has 86 valence electrons. The second-order valence-electron chi connectivity index (χ2n) is 3.69. The number of aryl methyl sites for hydroxylation is 2. The molecule has 0 amide bonds. The SMILES string of the molecule is CCCn1cc(NCc2cnnn2C)cn1. The van der Waals surface area contributed by atoms with Gasteiger partial charge in [0.05, 0.1) is 30.3 Å². The summed E-state index contributed by atoms with van der Waals surface area (Å²) in [5.41, 5.74) is 2.07. The highest BCUT2D eigenvalue weighted by Crippen LogP contribution is 2.07. The topological polar surface area (TPSA) is 60.6 Å². The average molecular weight is 220 g/mol. The third-order valence-electron chi connectivity index (χ3n) is 2.37. The molecule has 0 fully saturated rings. The summed E-state index contributed by atoms with van der Waals surface area (Å²) in [6.45, 7) is 3.80. The Hall–Kier alpha value is -1.85. The van der Waals surface area contributed by atoms with Crippen LogP contribution < -0.4 is 5.32 Å². The Labute approximate surface area is 94.3 Å². The molecule has 0 saturated heterocycles. The zero-order chi connectivity index (χ0) is 11.4. The number of hydrogen-bond donors (Lipinski definition) is 1. The predicted octanol–water partition coefficient (Wildman–Crippen LogP) is 1.03. The van der Waals surface area contributed by atoms with E-state index in [0.29, 0.717) is 6.54 Å². The fourth-order valence-corrected chi connectivity index (χ4v) is 1.47. The predicted molar refractivity (Wildman–Crippen MR) is 60.8 cm³/mol. The molecule has 6 heteroatoms. The molecule has 0 atom stereocenters.